The Kier molecular flexibility index (Phi) is 3.31. The Morgan fingerprint density at radius 2 is 2.06 bits per heavy atom. The molecular formula is C14H21NO. The van der Waals surface area contributed by atoms with Crippen LogP contribution in [0.5, 0.6) is 0 Å². The molecule has 0 amide bonds. The van der Waals surface area contributed by atoms with E-state index in [9.17, 15) is 5.11 Å². The molecule has 16 heavy (non-hydrogen) atoms. The Morgan fingerprint density at radius 3 is 2.50 bits per heavy atom. The molecule has 2 nitrogen and oxygen atoms in total. The standard InChI is InChI=1S/C14H21NO/c1-11-5-2-3-6-12(11)13(9-15)14(10-16)7-4-8-14/h2-3,5-6,13,16H,4,7-10,15H2,1H3/t13-/m1/s1. The van der Waals surface area contributed by atoms with Crippen molar-refractivity contribution in [3.05, 3.63) is 35.4 Å². The molecular weight excluding hydrogens is 198 g/mol. The summed E-state index contributed by atoms with van der Waals surface area (Å²) in [6.07, 6.45) is 3.45. The highest BCUT2D eigenvalue weighted by atomic mass is 16.3. The van der Waals surface area contributed by atoms with Gasteiger partial charge in [-0.25, -0.2) is 0 Å². The van der Waals surface area contributed by atoms with Crippen molar-refractivity contribution in [1.82, 2.24) is 0 Å². The summed E-state index contributed by atoms with van der Waals surface area (Å²) in [5.41, 5.74) is 8.60. The van der Waals surface area contributed by atoms with Crippen molar-refractivity contribution in [2.75, 3.05) is 13.2 Å². The van der Waals surface area contributed by atoms with Gasteiger partial charge in [-0.05, 0) is 37.4 Å². The Balaban J connectivity index is 2.32. The minimum atomic E-state index is 0.0564. The van der Waals surface area contributed by atoms with Gasteiger partial charge in [0.2, 0.25) is 0 Å². The highest BCUT2D eigenvalue weighted by molar-refractivity contribution is 5.32. The summed E-state index contributed by atoms with van der Waals surface area (Å²) in [6, 6.07) is 8.40. The fourth-order valence-electron chi connectivity index (χ4n) is 2.93. The van der Waals surface area contributed by atoms with E-state index in [1.807, 2.05) is 0 Å². The van der Waals surface area contributed by atoms with Gasteiger partial charge in [0.15, 0.2) is 0 Å². The molecule has 3 N–H and O–H groups in total. The number of benzene rings is 1. The van der Waals surface area contributed by atoms with Gasteiger partial charge in [0, 0.05) is 17.9 Å². The van der Waals surface area contributed by atoms with Crippen LogP contribution in [0.2, 0.25) is 0 Å². The Hall–Kier alpha value is -0.860. The fraction of sp³-hybridized carbons (Fsp3) is 0.571. The van der Waals surface area contributed by atoms with Crippen LogP contribution >= 0.6 is 0 Å². The highest BCUT2D eigenvalue weighted by Gasteiger charge is 2.43. The zero-order valence-electron chi connectivity index (χ0n) is 9.95. The predicted octanol–water partition coefficient (Wildman–Crippen LogP) is 2.20. The molecule has 0 unspecified atom stereocenters. The number of aryl methyl sites for hydroxylation is 1. The number of aliphatic hydroxyl groups is 1. The Bertz CT molecular complexity index is 352. The fourth-order valence-corrected chi connectivity index (χ4v) is 2.93. The van der Waals surface area contributed by atoms with E-state index in [0.717, 1.165) is 12.8 Å². The maximum absolute atomic E-state index is 9.63. The van der Waals surface area contributed by atoms with Gasteiger partial charge in [-0.3, -0.25) is 0 Å². The van der Waals surface area contributed by atoms with Gasteiger partial charge >= 0.3 is 0 Å². The monoisotopic (exact) mass is 219 g/mol. The third kappa shape index (κ3) is 1.76. The van der Waals surface area contributed by atoms with Gasteiger partial charge in [-0.2, -0.15) is 0 Å². The Morgan fingerprint density at radius 1 is 1.38 bits per heavy atom. The van der Waals surface area contributed by atoms with Crippen LogP contribution in [0, 0.1) is 12.3 Å². The lowest BCUT2D eigenvalue weighted by molar-refractivity contribution is 0.0190. The molecule has 0 aromatic heterocycles. The zero-order valence-corrected chi connectivity index (χ0v) is 9.95. The molecule has 1 aliphatic rings. The summed E-state index contributed by atoms with van der Waals surface area (Å²) < 4.78 is 0. The molecule has 0 heterocycles. The van der Waals surface area contributed by atoms with E-state index < -0.39 is 0 Å². The normalized spacial score (nSPS) is 20.2. The smallest absolute Gasteiger partial charge is 0.0493 e. The molecule has 1 saturated carbocycles. The van der Waals surface area contributed by atoms with Gasteiger partial charge in [0.1, 0.15) is 0 Å². The molecule has 0 bridgehead atoms. The van der Waals surface area contributed by atoms with E-state index in [-0.39, 0.29) is 12.0 Å². The van der Waals surface area contributed by atoms with Gasteiger partial charge in [0.25, 0.3) is 0 Å². The molecule has 0 spiro atoms. The van der Waals surface area contributed by atoms with Crippen LogP contribution in [0.15, 0.2) is 24.3 Å². The second-order valence-corrected chi connectivity index (χ2v) is 5.02. The lowest BCUT2D eigenvalue weighted by atomic mass is 9.59. The van der Waals surface area contributed by atoms with Gasteiger partial charge in [-0.15, -0.1) is 0 Å². The van der Waals surface area contributed by atoms with Crippen LogP contribution < -0.4 is 5.73 Å². The third-order valence-corrected chi connectivity index (χ3v) is 4.20. The Labute approximate surface area is 97.5 Å². The van der Waals surface area contributed by atoms with Crippen LogP contribution in [0.3, 0.4) is 0 Å². The highest BCUT2D eigenvalue weighted by Crippen LogP contribution is 2.51. The number of hydrogen-bond acceptors (Lipinski definition) is 2. The molecule has 1 atom stereocenters. The summed E-state index contributed by atoms with van der Waals surface area (Å²) in [5.74, 6) is 0.312. The van der Waals surface area contributed by atoms with Crippen molar-refractivity contribution in [2.45, 2.75) is 32.1 Å². The van der Waals surface area contributed by atoms with E-state index in [2.05, 4.69) is 31.2 Å². The largest absolute Gasteiger partial charge is 0.396 e. The topological polar surface area (TPSA) is 46.2 Å². The first-order valence-electron chi connectivity index (χ1n) is 6.10. The van der Waals surface area contributed by atoms with Crippen LogP contribution in [0.4, 0.5) is 0 Å². The molecule has 0 saturated heterocycles. The molecule has 88 valence electrons. The molecule has 1 aliphatic carbocycles. The summed E-state index contributed by atoms with van der Waals surface area (Å²) in [7, 11) is 0. The number of rotatable bonds is 4. The first kappa shape index (κ1) is 11.6. The molecule has 1 aromatic rings. The lowest BCUT2D eigenvalue weighted by Crippen LogP contribution is -2.42. The van der Waals surface area contributed by atoms with Gasteiger partial charge in [0.05, 0.1) is 0 Å². The lowest BCUT2D eigenvalue weighted by Gasteiger charge is -2.47. The summed E-state index contributed by atoms with van der Waals surface area (Å²) >= 11 is 0. The van der Waals surface area contributed by atoms with Crippen LogP contribution in [0.25, 0.3) is 0 Å². The molecule has 1 fully saturated rings. The molecule has 2 rings (SSSR count). The van der Waals surface area contributed by atoms with Gasteiger partial charge < -0.3 is 10.8 Å². The molecule has 2 heteroatoms. The minimum absolute atomic E-state index is 0.0564. The van der Waals surface area contributed by atoms with Crippen LogP contribution in [-0.4, -0.2) is 18.3 Å². The summed E-state index contributed by atoms with van der Waals surface area (Å²) in [5, 5.41) is 9.63. The maximum Gasteiger partial charge on any atom is 0.0493 e. The minimum Gasteiger partial charge on any atom is -0.396 e. The van der Waals surface area contributed by atoms with E-state index in [1.54, 1.807) is 0 Å². The number of nitrogens with two attached hydrogens (primary N) is 1. The average molecular weight is 219 g/mol. The number of hydrogen-bond donors (Lipinski definition) is 2. The molecule has 1 aromatic carbocycles. The van der Waals surface area contributed by atoms with Crippen molar-refractivity contribution >= 4 is 0 Å². The van der Waals surface area contributed by atoms with Crippen LogP contribution in [-0.2, 0) is 0 Å². The second-order valence-electron chi connectivity index (χ2n) is 5.02. The van der Waals surface area contributed by atoms with Crippen molar-refractivity contribution in [3.8, 4) is 0 Å². The maximum atomic E-state index is 9.63. The van der Waals surface area contributed by atoms with E-state index in [0.29, 0.717) is 12.5 Å². The first-order chi connectivity index (χ1) is 7.73. The van der Waals surface area contributed by atoms with Gasteiger partial charge in [-0.1, -0.05) is 30.7 Å². The zero-order chi connectivity index (χ0) is 11.6. The number of aliphatic hydroxyl groups excluding tert-OH is 1. The summed E-state index contributed by atoms with van der Waals surface area (Å²) in [4.78, 5) is 0. The molecule has 0 aliphatic heterocycles. The second kappa shape index (κ2) is 4.56. The third-order valence-electron chi connectivity index (χ3n) is 4.20. The summed E-state index contributed by atoms with van der Waals surface area (Å²) in [6.45, 7) is 3.02. The van der Waals surface area contributed by atoms with Crippen molar-refractivity contribution < 1.29 is 5.11 Å². The molecule has 0 radical (unpaired) electrons. The van der Waals surface area contributed by atoms with Crippen LogP contribution in [0.1, 0.15) is 36.3 Å². The van der Waals surface area contributed by atoms with E-state index >= 15 is 0 Å². The SMILES string of the molecule is Cc1ccccc1[C@@H](CN)C1(CO)CCC1. The first-order valence-corrected chi connectivity index (χ1v) is 6.10. The van der Waals surface area contributed by atoms with E-state index in [4.69, 9.17) is 5.73 Å². The van der Waals surface area contributed by atoms with Crippen molar-refractivity contribution in [1.29, 1.82) is 0 Å². The average Bonchev–Trinajstić information content (AvgIpc) is 2.25. The van der Waals surface area contributed by atoms with Crippen molar-refractivity contribution in [2.24, 2.45) is 11.1 Å². The van der Waals surface area contributed by atoms with Crippen molar-refractivity contribution in [3.63, 3.8) is 0 Å². The quantitative estimate of drug-likeness (QED) is 0.815. The predicted molar refractivity (Wildman–Crippen MR) is 66.3 cm³/mol. The van der Waals surface area contributed by atoms with E-state index in [1.165, 1.54) is 17.5 Å².